The Morgan fingerprint density at radius 2 is 0.938 bits per heavy atom. The molecule has 0 bridgehead atoms. The Kier molecular flexibility index (Phi) is 4.63. The highest BCUT2D eigenvalue weighted by Gasteiger charge is 2.15. The monoisotopic (exact) mass is 520 g/mol. The largest absolute Gasteiger partial charge is 0.235 e. The quantitative estimate of drug-likeness (QED) is 0.231. The molecule has 7 aromatic rings. The smallest absolute Gasteiger partial charge is 0.134 e. The maximum Gasteiger partial charge on any atom is 0.134 e. The Morgan fingerprint density at radius 1 is 0.469 bits per heavy atom. The number of thiazole rings is 2. The molecule has 0 saturated heterocycles. The Hall–Kier alpha value is -2.20. The maximum atomic E-state index is 4.96. The fourth-order valence-electron chi connectivity index (χ4n) is 3.57. The minimum atomic E-state index is 1.06. The molecule has 1 aromatic carbocycles. The first-order valence-electron chi connectivity index (χ1n) is 9.79. The molecule has 2 nitrogen and oxygen atoms in total. The molecule has 6 aromatic heterocycles. The SMILES string of the molecule is c1csc(-c2ccc(-c3nc4cc5sc(-c6ccc(-c7cccs7)s6)nc5cc4s3)s2)c1. The van der Waals surface area contributed by atoms with Crippen molar-refractivity contribution in [1.82, 2.24) is 9.97 Å². The zero-order chi connectivity index (χ0) is 21.1. The standard InChI is InChI=1S/C24H12N2S6/c1-3-15(27-9-1)17-5-7-19(29-17)23-25-13-11-22-14(12-21(13)31-23)26-24(32-22)20-8-6-18(30-20)16-4-2-10-28-16/h1-12H. The van der Waals surface area contributed by atoms with Crippen LogP contribution in [0.1, 0.15) is 0 Å². The summed E-state index contributed by atoms with van der Waals surface area (Å²) in [4.78, 5) is 17.6. The Morgan fingerprint density at radius 3 is 1.38 bits per heavy atom. The van der Waals surface area contributed by atoms with Crippen molar-refractivity contribution in [3.63, 3.8) is 0 Å². The second kappa shape index (κ2) is 7.69. The van der Waals surface area contributed by atoms with Crippen LogP contribution in [0.2, 0.25) is 0 Å². The second-order valence-corrected chi connectivity index (χ2v) is 13.2. The highest BCUT2D eigenvalue weighted by molar-refractivity contribution is 7.29. The van der Waals surface area contributed by atoms with Crippen molar-refractivity contribution in [3.05, 3.63) is 71.4 Å². The molecule has 154 valence electrons. The second-order valence-electron chi connectivity index (χ2n) is 7.11. The summed E-state index contributed by atoms with van der Waals surface area (Å²) in [5, 5.41) is 6.42. The molecule has 0 radical (unpaired) electrons. The van der Waals surface area contributed by atoms with Crippen LogP contribution in [0.3, 0.4) is 0 Å². The van der Waals surface area contributed by atoms with Crippen LogP contribution in [-0.2, 0) is 0 Å². The minimum absolute atomic E-state index is 1.06. The topological polar surface area (TPSA) is 25.8 Å². The van der Waals surface area contributed by atoms with Crippen molar-refractivity contribution in [2.24, 2.45) is 0 Å². The number of rotatable bonds is 4. The molecule has 8 heteroatoms. The Labute approximate surface area is 207 Å². The molecule has 0 N–H and O–H groups in total. The molecule has 0 aliphatic heterocycles. The van der Waals surface area contributed by atoms with Gasteiger partial charge in [0.15, 0.2) is 0 Å². The van der Waals surface area contributed by atoms with Crippen LogP contribution in [-0.4, -0.2) is 9.97 Å². The first-order chi connectivity index (χ1) is 15.8. The average molecular weight is 521 g/mol. The third kappa shape index (κ3) is 3.30. The van der Waals surface area contributed by atoms with Gasteiger partial charge in [0.05, 0.1) is 30.2 Å². The lowest BCUT2D eigenvalue weighted by atomic mass is 10.3. The summed E-state index contributed by atoms with van der Waals surface area (Å²) < 4.78 is 2.39. The fraction of sp³-hybridized carbons (Fsp3) is 0. The van der Waals surface area contributed by atoms with Crippen LogP contribution in [0.4, 0.5) is 0 Å². The predicted octanol–water partition coefficient (Wildman–Crippen LogP) is 9.82. The van der Waals surface area contributed by atoms with Gasteiger partial charge in [-0.05, 0) is 59.3 Å². The van der Waals surface area contributed by atoms with Crippen LogP contribution in [0.15, 0.2) is 71.4 Å². The van der Waals surface area contributed by atoms with E-state index in [1.165, 1.54) is 38.7 Å². The van der Waals surface area contributed by atoms with Gasteiger partial charge in [0.2, 0.25) is 0 Å². The van der Waals surface area contributed by atoms with Crippen molar-refractivity contribution in [2.75, 3.05) is 0 Å². The molecule has 0 atom stereocenters. The molecular weight excluding hydrogens is 509 g/mol. The van der Waals surface area contributed by atoms with Crippen LogP contribution in [0, 0.1) is 0 Å². The lowest BCUT2D eigenvalue weighted by molar-refractivity contribution is 1.49. The van der Waals surface area contributed by atoms with Gasteiger partial charge in [0, 0.05) is 19.5 Å². The zero-order valence-corrected chi connectivity index (χ0v) is 21.2. The summed E-state index contributed by atoms with van der Waals surface area (Å²) in [6.45, 7) is 0. The van der Waals surface area contributed by atoms with E-state index in [9.17, 15) is 0 Å². The summed E-state index contributed by atoms with van der Waals surface area (Å²) in [5.41, 5.74) is 2.12. The summed E-state index contributed by atoms with van der Waals surface area (Å²) in [5.74, 6) is 0. The van der Waals surface area contributed by atoms with E-state index in [0.29, 0.717) is 0 Å². The molecule has 0 aliphatic rings. The lowest BCUT2D eigenvalue weighted by Gasteiger charge is -1.89. The minimum Gasteiger partial charge on any atom is -0.235 e. The van der Waals surface area contributed by atoms with E-state index in [-0.39, 0.29) is 0 Å². The molecule has 0 saturated carbocycles. The highest BCUT2D eigenvalue weighted by atomic mass is 32.1. The molecule has 0 aliphatic carbocycles. The van der Waals surface area contributed by atoms with Crippen molar-refractivity contribution in [1.29, 1.82) is 0 Å². The highest BCUT2D eigenvalue weighted by Crippen LogP contribution is 2.42. The first kappa shape index (κ1) is 19.3. The van der Waals surface area contributed by atoms with E-state index in [2.05, 4.69) is 71.4 Å². The van der Waals surface area contributed by atoms with Crippen LogP contribution >= 0.6 is 68.0 Å². The van der Waals surface area contributed by atoms with E-state index >= 15 is 0 Å². The van der Waals surface area contributed by atoms with Gasteiger partial charge in [-0.15, -0.1) is 68.0 Å². The van der Waals surface area contributed by atoms with Crippen molar-refractivity contribution < 1.29 is 0 Å². The van der Waals surface area contributed by atoms with Crippen molar-refractivity contribution in [3.8, 4) is 39.3 Å². The van der Waals surface area contributed by atoms with Crippen LogP contribution in [0.5, 0.6) is 0 Å². The van der Waals surface area contributed by atoms with E-state index in [1.807, 2.05) is 22.7 Å². The van der Waals surface area contributed by atoms with Gasteiger partial charge in [0.1, 0.15) is 10.0 Å². The summed E-state index contributed by atoms with van der Waals surface area (Å²) in [6.07, 6.45) is 0. The normalized spacial score (nSPS) is 11.8. The van der Waals surface area contributed by atoms with Crippen LogP contribution < -0.4 is 0 Å². The molecule has 7 rings (SSSR count). The fourth-order valence-corrected chi connectivity index (χ4v) is 9.32. The third-order valence-corrected chi connectivity index (χ3v) is 11.7. The van der Waals surface area contributed by atoms with Gasteiger partial charge in [-0.25, -0.2) is 9.97 Å². The Bertz CT molecular complexity index is 1500. The number of hydrogen-bond donors (Lipinski definition) is 0. The van der Waals surface area contributed by atoms with E-state index in [4.69, 9.17) is 9.97 Å². The molecule has 6 heterocycles. The summed E-state index contributed by atoms with van der Waals surface area (Å²) in [6, 6.07) is 21.7. The lowest BCUT2D eigenvalue weighted by Crippen LogP contribution is -1.71. The van der Waals surface area contributed by atoms with Crippen LogP contribution in [0.25, 0.3) is 59.7 Å². The Balaban J connectivity index is 1.25. The summed E-state index contributed by atoms with van der Waals surface area (Å²) in [7, 11) is 0. The van der Waals surface area contributed by atoms with Gasteiger partial charge in [-0.3, -0.25) is 0 Å². The van der Waals surface area contributed by atoms with Gasteiger partial charge in [-0.1, -0.05) is 12.1 Å². The van der Waals surface area contributed by atoms with E-state index < -0.39 is 0 Å². The molecule has 0 fully saturated rings. The molecular formula is C24H12N2S6. The van der Waals surface area contributed by atoms with Gasteiger partial charge < -0.3 is 0 Å². The van der Waals surface area contributed by atoms with E-state index in [1.54, 1.807) is 45.3 Å². The van der Waals surface area contributed by atoms with Gasteiger partial charge >= 0.3 is 0 Å². The average Bonchev–Trinajstić information content (AvgIpc) is 3.65. The molecule has 32 heavy (non-hydrogen) atoms. The third-order valence-electron chi connectivity index (χ3n) is 5.06. The number of aromatic nitrogens is 2. The van der Waals surface area contributed by atoms with Crippen molar-refractivity contribution >= 4 is 88.5 Å². The summed E-state index contributed by atoms with van der Waals surface area (Å²) >= 11 is 10.7. The van der Waals surface area contributed by atoms with Gasteiger partial charge in [-0.2, -0.15) is 0 Å². The predicted molar refractivity (Wildman–Crippen MR) is 146 cm³/mol. The van der Waals surface area contributed by atoms with Crippen molar-refractivity contribution in [2.45, 2.75) is 0 Å². The number of thiophene rings is 4. The number of benzene rings is 1. The van der Waals surface area contributed by atoms with Gasteiger partial charge in [0.25, 0.3) is 0 Å². The first-order valence-corrected chi connectivity index (χ1v) is 14.8. The molecule has 0 unspecified atom stereocenters. The number of nitrogens with zero attached hydrogens (tertiary/aromatic N) is 2. The number of fused-ring (bicyclic) bond motifs is 2. The molecule has 0 amide bonds. The zero-order valence-electron chi connectivity index (χ0n) is 16.3. The maximum absolute atomic E-state index is 4.96. The number of hydrogen-bond acceptors (Lipinski definition) is 8. The molecule has 0 spiro atoms. The van der Waals surface area contributed by atoms with E-state index in [0.717, 1.165) is 21.0 Å².